The molecule has 118 valence electrons. The van der Waals surface area contributed by atoms with Crippen molar-refractivity contribution in [2.45, 2.75) is 13.8 Å². The third-order valence-corrected chi connectivity index (χ3v) is 3.93. The van der Waals surface area contributed by atoms with Gasteiger partial charge in [-0.3, -0.25) is 4.79 Å². The van der Waals surface area contributed by atoms with Gasteiger partial charge in [0.25, 0.3) is 0 Å². The van der Waals surface area contributed by atoms with Gasteiger partial charge in [-0.1, -0.05) is 13.8 Å². The van der Waals surface area contributed by atoms with Gasteiger partial charge < -0.3 is 15.3 Å². The summed E-state index contributed by atoms with van der Waals surface area (Å²) in [5.41, 5.74) is -0.219. The first-order valence-electron chi connectivity index (χ1n) is 6.75. The lowest BCUT2D eigenvalue weighted by molar-refractivity contribution is -0.113. The maximum absolute atomic E-state index is 13.4. The topological polar surface area (TPSA) is 52.6 Å². The Hall–Kier alpha value is -1.34. The van der Waals surface area contributed by atoms with Crippen molar-refractivity contribution in [1.29, 1.82) is 0 Å². The molecule has 0 aliphatic rings. The molecule has 1 rings (SSSR count). The zero-order valence-corrected chi connectivity index (χ0v) is 13.0. The van der Waals surface area contributed by atoms with Crippen LogP contribution < -0.4 is 5.32 Å². The van der Waals surface area contributed by atoms with Crippen molar-refractivity contribution in [2.75, 3.05) is 36.5 Å². The van der Waals surface area contributed by atoms with Crippen molar-refractivity contribution in [2.24, 2.45) is 0 Å². The van der Waals surface area contributed by atoms with Crippen LogP contribution in [0.25, 0.3) is 0 Å². The van der Waals surface area contributed by atoms with Crippen molar-refractivity contribution < 1.29 is 18.7 Å². The third-order valence-electron chi connectivity index (χ3n) is 2.99. The Morgan fingerprint density at radius 3 is 2.57 bits per heavy atom. The molecule has 0 saturated carbocycles. The molecule has 7 heteroatoms. The SMILES string of the molecule is CCN(CC)CCSCC(=O)Nc1cc(O)c(F)cc1F. The number of aromatic hydroxyl groups is 1. The summed E-state index contributed by atoms with van der Waals surface area (Å²) in [5.74, 6) is -2.07. The van der Waals surface area contributed by atoms with Gasteiger partial charge in [-0.25, -0.2) is 8.78 Å². The second-order valence-electron chi connectivity index (χ2n) is 4.41. The molecular weight excluding hydrogens is 298 g/mol. The minimum Gasteiger partial charge on any atom is -0.505 e. The first kappa shape index (κ1) is 17.7. The number of hydrogen-bond acceptors (Lipinski definition) is 4. The van der Waals surface area contributed by atoms with Crippen molar-refractivity contribution in [3.8, 4) is 5.75 Å². The molecule has 0 spiro atoms. The molecule has 0 atom stereocenters. The normalized spacial score (nSPS) is 10.9. The summed E-state index contributed by atoms with van der Waals surface area (Å²) >= 11 is 1.44. The molecule has 1 aromatic rings. The van der Waals surface area contributed by atoms with Gasteiger partial charge in [-0.05, 0) is 13.1 Å². The Labute approximate surface area is 127 Å². The highest BCUT2D eigenvalue weighted by atomic mass is 32.2. The predicted octanol–water partition coefficient (Wildman–Crippen LogP) is 2.68. The Morgan fingerprint density at radius 2 is 1.95 bits per heavy atom. The van der Waals surface area contributed by atoms with Crippen molar-refractivity contribution in [3.05, 3.63) is 23.8 Å². The molecule has 1 aromatic carbocycles. The molecule has 0 aromatic heterocycles. The van der Waals surface area contributed by atoms with Crippen LogP contribution in [0.3, 0.4) is 0 Å². The molecule has 0 unspecified atom stereocenters. The average molecular weight is 318 g/mol. The quantitative estimate of drug-likeness (QED) is 0.724. The number of nitrogens with one attached hydrogen (secondary N) is 1. The van der Waals surface area contributed by atoms with E-state index in [0.717, 1.165) is 31.5 Å². The van der Waals surface area contributed by atoms with E-state index < -0.39 is 17.4 Å². The molecule has 0 fully saturated rings. The number of amides is 1. The van der Waals surface area contributed by atoms with Crippen LogP contribution in [0, 0.1) is 11.6 Å². The van der Waals surface area contributed by atoms with Gasteiger partial charge in [0.1, 0.15) is 5.82 Å². The maximum Gasteiger partial charge on any atom is 0.234 e. The Morgan fingerprint density at radius 1 is 1.29 bits per heavy atom. The number of phenols is 1. The largest absolute Gasteiger partial charge is 0.505 e. The van der Waals surface area contributed by atoms with E-state index in [1.165, 1.54) is 11.8 Å². The monoisotopic (exact) mass is 318 g/mol. The number of halogens is 2. The van der Waals surface area contributed by atoms with Gasteiger partial charge in [0.05, 0.1) is 11.4 Å². The summed E-state index contributed by atoms with van der Waals surface area (Å²) in [7, 11) is 0. The van der Waals surface area contributed by atoms with Crippen LogP contribution in [0.1, 0.15) is 13.8 Å². The minimum atomic E-state index is -1.06. The van der Waals surface area contributed by atoms with Crippen LogP contribution in [-0.4, -0.2) is 47.1 Å². The molecule has 0 saturated heterocycles. The van der Waals surface area contributed by atoms with Crippen molar-refractivity contribution in [1.82, 2.24) is 4.90 Å². The Kier molecular flexibility index (Phi) is 7.45. The summed E-state index contributed by atoms with van der Waals surface area (Å²) in [5, 5.41) is 11.5. The van der Waals surface area contributed by atoms with Crippen LogP contribution in [0.2, 0.25) is 0 Å². The number of benzene rings is 1. The number of nitrogens with zero attached hydrogens (tertiary/aromatic N) is 1. The number of carbonyl (C=O) groups is 1. The smallest absolute Gasteiger partial charge is 0.234 e. The number of phenolic OH excluding ortho intramolecular Hbond substituents is 1. The second kappa shape index (κ2) is 8.84. The fraction of sp³-hybridized carbons (Fsp3) is 0.500. The zero-order chi connectivity index (χ0) is 15.8. The molecule has 0 radical (unpaired) electrons. The zero-order valence-electron chi connectivity index (χ0n) is 12.2. The van der Waals surface area contributed by atoms with E-state index in [-0.39, 0.29) is 17.3 Å². The number of hydrogen-bond donors (Lipinski definition) is 2. The van der Waals surface area contributed by atoms with Crippen molar-refractivity contribution >= 4 is 23.4 Å². The molecule has 1 amide bonds. The van der Waals surface area contributed by atoms with E-state index in [2.05, 4.69) is 24.1 Å². The Bertz CT molecular complexity index is 482. The van der Waals surface area contributed by atoms with E-state index in [0.29, 0.717) is 6.07 Å². The summed E-state index contributed by atoms with van der Waals surface area (Å²) < 4.78 is 26.3. The molecule has 4 nitrogen and oxygen atoms in total. The fourth-order valence-corrected chi connectivity index (χ4v) is 2.51. The highest BCUT2D eigenvalue weighted by molar-refractivity contribution is 7.99. The number of rotatable bonds is 8. The summed E-state index contributed by atoms with van der Waals surface area (Å²) in [6, 6.07) is 1.40. The van der Waals surface area contributed by atoms with Crippen LogP contribution in [0.15, 0.2) is 12.1 Å². The fourth-order valence-electron chi connectivity index (χ4n) is 1.72. The van der Waals surface area contributed by atoms with Gasteiger partial charge in [-0.15, -0.1) is 0 Å². The highest BCUT2D eigenvalue weighted by Crippen LogP contribution is 2.24. The van der Waals surface area contributed by atoms with Gasteiger partial charge >= 0.3 is 0 Å². The van der Waals surface area contributed by atoms with Gasteiger partial charge in [0.2, 0.25) is 5.91 Å². The van der Waals surface area contributed by atoms with E-state index in [4.69, 9.17) is 5.11 Å². The van der Waals surface area contributed by atoms with Crippen molar-refractivity contribution in [3.63, 3.8) is 0 Å². The minimum absolute atomic E-state index is 0.179. The Balaban J connectivity index is 2.39. The lowest BCUT2D eigenvalue weighted by Gasteiger charge is -2.17. The van der Waals surface area contributed by atoms with Crippen LogP contribution in [-0.2, 0) is 4.79 Å². The third kappa shape index (κ3) is 5.89. The molecule has 0 aliphatic heterocycles. The van der Waals surface area contributed by atoms with E-state index in [1.807, 2.05) is 0 Å². The summed E-state index contributed by atoms with van der Waals surface area (Å²) in [4.78, 5) is 13.9. The lowest BCUT2D eigenvalue weighted by atomic mass is 10.2. The average Bonchev–Trinajstić information content (AvgIpc) is 2.45. The summed E-state index contributed by atoms with van der Waals surface area (Å²) in [6.07, 6.45) is 0. The number of carbonyl (C=O) groups excluding carboxylic acids is 1. The molecule has 21 heavy (non-hydrogen) atoms. The molecule has 2 N–H and O–H groups in total. The lowest BCUT2D eigenvalue weighted by Crippen LogP contribution is -2.26. The standard InChI is InChI=1S/C14H20F2N2O2S/c1-3-18(4-2)5-6-21-9-14(20)17-12-8-13(19)11(16)7-10(12)15/h7-8,19H,3-6,9H2,1-2H3,(H,17,20). The predicted molar refractivity (Wildman–Crippen MR) is 81.8 cm³/mol. The molecule has 0 aliphatic carbocycles. The molecule has 0 heterocycles. The second-order valence-corrected chi connectivity index (χ2v) is 5.52. The van der Waals surface area contributed by atoms with Gasteiger partial charge in [0, 0.05) is 24.4 Å². The number of thioether (sulfide) groups is 1. The van der Waals surface area contributed by atoms with Crippen LogP contribution >= 0.6 is 11.8 Å². The van der Waals surface area contributed by atoms with Gasteiger partial charge in [-0.2, -0.15) is 11.8 Å². The van der Waals surface area contributed by atoms with Crippen LogP contribution in [0.4, 0.5) is 14.5 Å². The first-order chi connectivity index (χ1) is 9.97. The van der Waals surface area contributed by atoms with E-state index in [9.17, 15) is 13.6 Å². The van der Waals surface area contributed by atoms with Gasteiger partial charge in [0.15, 0.2) is 11.6 Å². The molecular formula is C14H20F2N2O2S. The summed E-state index contributed by atoms with van der Waals surface area (Å²) in [6.45, 7) is 6.96. The van der Waals surface area contributed by atoms with E-state index >= 15 is 0 Å². The maximum atomic E-state index is 13.4. The molecule has 0 bridgehead atoms. The van der Waals surface area contributed by atoms with E-state index in [1.54, 1.807) is 0 Å². The first-order valence-corrected chi connectivity index (χ1v) is 7.91. The van der Waals surface area contributed by atoms with Crippen LogP contribution in [0.5, 0.6) is 5.75 Å². The highest BCUT2D eigenvalue weighted by Gasteiger charge is 2.12. The number of anilines is 1.